The van der Waals surface area contributed by atoms with Crippen LogP contribution < -0.4 is 5.32 Å². The lowest BCUT2D eigenvalue weighted by Crippen LogP contribution is -2.39. The standard InChI is InChI=1S/C26H33NO4/c1-5-17-8-10-18(11-9-17)23-22(25(29)31-15-19-7-6-12-30-19)16(2)27-20-13-26(3,4)14-21(28)24(20)23/h8-11,19,23,27H,5-7,12-15H2,1-4H3. The Labute approximate surface area is 184 Å². The van der Waals surface area contributed by atoms with E-state index >= 15 is 0 Å². The van der Waals surface area contributed by atoms with Gasteiger partial charge in [-0.3, -0.25) is 4.79 Å². The number of benzene rings is 1. The van der Waals surface area contributed by atoms with Gasteiger partial charge in [0.25, 0.3) is 0 Å². The van der Waals surface area contributed by atoms with Crippen LogP contribution in [0.2, 0.25) is 0 Å². The van der Waals surface area contributed by atoms with E-state index in [0.717, 1.165) is 54.8 Å². The number of carbonyl (C=O) groups excluding carboxylic acids is 2. The molecule has 1 saturated heterocycles. The number of ketones is 1. The van der Waals surface area contributed by atoms with Crippen LogP contribution in [-0.4, -0.2) is 31.1 Å². The van der Waals surface area contributed by atoms with Gasteiger partial charge >= 0.3 is 5.97 Å². The zero-order valence-electron chi connectivity index (χ0n) is 19.0. The molecule has 0 amide bonds. The summed E-state index contributed by atoms with van der Waals surface area (Å²) in [5.74, 6) is -0.655. The normalized spacial score (nSPS) is 25.4. The van der Waals surface area contributed by atoms with E-state index in [0.29, 0.717) is 12.0 Å². The zero-order valence-corrected chi connectivity index (χ0v) is 19.0. The summed E-state index contributed by atoms with van der Waals surface area (Å²) in [5.41, 5.74) is 5.06. The molecular weight excluding hydrogens is 390 g/mol. The van der Waals surface area contributed by atoms with Crippen LogP contribution in [0.15, 0.2) is 46.8 Å². The van der Waals surface area contributed by atoms with Crippen LogP contribution in [0.4, 0.5) is 0 Å². The third-order valence-electron chi connectivity index (χ3n) is 6.61. The van der Waals surface area contributed by atoms with E-state index in [1.165, 1.54) is 5.56 Å². The molecule has 0 spiro atoms. The van der Waals surface area contributed by atoms with Crippen LogP contribution in [0.5, 0.6) is 0 Å². The Morgan fingerprint density at radius 2 is 1.97 bits per heavy atom. The van der Waals surface area contributed by atoms with Crippen LogP contribution in [-0.2, 0) is 25.5 Å². The van der Waals surface area contributed by atoms with Gasteiger partial charge in [-0.15, -0.1) is 0 Å². The molecule has 2 aliphatic heterocycles. The second-order valence-corrected chi connectivity index (χ2v) is 9.76. The molecule has 1 aromatic rings. The molecule has 2 unspecified atom stereocenters. The Kier molecular flexibility index (Phi) is 6.07. The Balaban J connectivity index is 1.71. The number of hydrogen-bond donors (Lipinski definition) is 1. The maximum atomic E-state index is 13.3. The topological polar surface area (TPSA) is 64.6 Å². The highest BCUT2D eigenvalue weighted by Crippen LogP contribution is 2.46. The molecule has 4 rings (SSSR count). The monoisotopic (exact) mass is 423 g/mol. The quantitative estimate of drug-likeness (QED) is 0.703. The van der Waals surface area contributed by atoms with Crippen molar-refractivity contribution < 1.29 is 19.1 Å². The maximum absolute atomic E-state index is 13.3. The van der Waals surface area contributed by atoms with Gasteiger partial charge in [0.1, 0.15) is 6.61 Å². The van der Waals surface area contributed by atoms with Gasteiger partial charge in [-0.2, -0.15) is 0 Å². The summed E-state index contributed by atoms with van der Waals surface area (Å²) in [5, 5.41) is 3.39. The van der Waals surface area contributed by atoms with Crippen LogP contribution in [0.25, 0.3) is 0 Å². The summed E-state index contributed by atoms with van der Waals surface area (Å²) in [4.78, 5) is 26.6. The van der Waals surface area contributed by atoms with Crippen molar-refractivity contribution in [2.45, 2.75) is 71.8 Å². The summed E-state index contributed by atoms with van der Waals surface area (Å²) in [6, 6.07) is 8.26. The first-order chi connectivity index (χ1) is 14.8. The van der Waals surface area contributed by atoms with Crippen LogP contribution in [0.3, 0.4) is 0 Å². The minimum atomic E-state index is -0.400. The van der Waals surface area contributed by atoms with Crippen molar-refractivity contribution in [2.75, 3.05) is 13.2 Å². The van der Waals surface area contributed by atoms with Gasteiger partial charge in [-0.1, -0.05) is 45.0 Å². The van der Waals surface area contributed by atoms with E-state index < -0.39 is 5.92 Å². The van der Waals surface area contributed by atoms with Gasteiger partial charge in [-0.25, -0.2) is 4.79 Å². The predicted octanol–water partition coefficient (Wildman–Crippen LogP) is 4.58. The second kappa shape index (κ2) is 8.62. The molecule has 31 heavy (non-hydrogen) atoms. The zero-order chi connectivity index (χ0) is 22.2. The Morgan fingerprint density at radius 1 is 1.23 bits per heavy atom. The van der Waals surface area contributed by atoms with E-state index in [9.17, 15) is 9.59 Å². The molecule has 0 bridgehead atoms. The number of hydrogen-bond acceptors (Lipinski definition) is 5. The van der Waals surface area contributed by atoms with Gasteiger partial charge < -0.3 is 14.8 Å². The summed E-state index contributed by atoms with van der Waals surface area (Å²) >= 11 is 0. The Morgan fingerprint density at radius 3 is 2.61 bits per heavy atom. The van der Waals surface area contributed by atoms with Crippen molar-refractivity contribution in [3.63, 3.8) is 0 Å². The number of nitrogens with one attached hydrogen (secondary N) is 1. The van der Waals surface area contributed by atoms with Crippen molar-refractivity contribution in [1.82, 2.24) is 5.32 Å². The predicted molar refractivity (Wildman–Crippen MR) is 119 cm³/mol. The van der Waals surface area contributed by atoms with Crippen LogP contribution >= 0.6 is 0 Å². The van der Waals surface area contributed by atoms with Crippen LogP contribution in [0, 0.1) is 5.41 Å². The highest BCUT2D eigenvalue weighted by atomic mass is 16.6. The molecule has 5 heteroatoms. The highest BCUT2D eigenvalue weighted by Gasteiger charge is 2.43. The molecule has 3 aliphatic rings. The third-order valence-corrected chi connectivity index (χ3v) is 6.61. The lowest BCUT2D eigenvalue weighted by atomic mass is 9.68. The van der Waals surface area contributed by atoms with E-state index in [-0.39, 0.29) is 29.9 Å². The average molecular weight is 424 g/mol. The number of aryl methyl sites for hydroxylation is 1. The van der Waals surface area contributed by atoms with Crippen molar-refractivity contribution in [3.05, 3.63) is 57.9 Å². The SMILES string of the molecule is CCc1ccc(C2C(C(=O)OCC3CCCO3)=C(C)NC3=C2C(=O)CC(C)(C)C3)cc1. The molecule has 0 saturated carbocycles. The molecule has 166 valence electrons. The Hall–Kier alpha value is -2.40. The van der Waals surface area contributed by atoms with Crippen molar-refractivity contribution in [3.8, 4) is 0 Å². The summed E-state index contributed by atoms with van der Waals surface area (Å²) in [6.07, 6.45) is 4.09. The van der Waals surface area contributed by atoms with E-state index in [1.54, 1.807) is 0 Å². The lowest BCUT2D eigenvalue weighted by molar-refractivity contribution is -0.142. The minimum absolute atomic E-state index is 0.0319. The van der Waals surface area contributed by atoms with Crippen molar-refractivity contribution in [2.24, 2.45) is 5.41 Å². The van der Waals surface area contributed by atoms with Gasteiger partial charge in [0.05, 0.1) is 11.7 Å². The molecule has 2 atom stereocenters. The molecule has 1 aromatic carbocycles. The first-order valence-electron chi connectivity index (χ1n) is 11.4. The molecule has 1 aliphatic carbocycles. The number of allylic oxidation sites excluding steroid dienone is 3. The smallest absolute Gasteiger partial charge is 0.336 e. The number of ether oxygens (including phenoxy) is 2. The van der Waals surface area contributed by atoms with Gasteiger partial charge in [0.15, 0.2) is 5.78 Å². The number of dihydropyridines is 1. The fourth-order valence-corrected chi connectivity index (χ4v) is 5.01. The van der Waals surface area contributed by atoms with Crippen molar-refractivity contribution in [1.29, 1.82) is 0 Å². The summed E-state index contributed by atoms with van der Waals surface area (Å²) in [6.45, 7) is 9.23. The number of rotatable bonds is 5. The minimum Gasteiger partial charge on any atom is -0.459 e. The number of esters is 1. The summed E-state index contributed by atoms with van der Waals surface area (Å²) in [7, 11) is 0. The average Bonchev–Trinajstić information content (AvgIpc) is 3.24. The third kappa shape index (κ3) is 4.47. The molecule has 2 heterocycles. The largest absolute Gasteiger partial charge is 0.459 e. The highest BCUT2D eigenvalue weighted by molar-refractivity contribution is 6.04. The Bertz CT molecular complexity index is 933. The lowest BCUT2D eigenvalue weighted by Gasteiger charge is -2.39. The summed E-state index contributed by atoms with van der Waals surface area (Å²) < 4.78 is 11.3. The molecule has 0 radical (unpaired) electrons. The fraction of sp³-hybridized carbons (Fsp3) is 0.538. The second-order valence-electron chi connectivity index (χ2n) is 9.76. The molecule has 5 nitrogen and oxygen atoms in total. The number of carbonyl (C=O) groups is 2. The molecule has 1 fully saturated rings. The fourth-order valence-electron chi connectivity index (χ4n) is 5.01. The van der Waals surface area contributed by atoms with E-state index in [4.69, 9.17) is 9.47 Å². The van der Waals surface area contributed by atoms with Gasteiger partial charge in [0, 0.05) is 35.9 Å². The first kappa shape index (κ1) is 21.8. The maximum Gasteiger partial charge on any atom is 0.336 e. The van der Waals surface area contributed by atoms with Gasteiger partial charge in [-0.05, 0) is 49.1 Å². The van der Waals surface area contributed by atoms with Crippen molar-refractivity contribution >= 4 is 11.8 Å². The van der Waals surface area contributed by atoms with Gasteiger partial charge in [0.2, 0.25) is 0 Å². The molecule has 0 aromatic heterocycles. The van der Waals surface area contributed by atoms with E-state index in [1.807, 2.05) is 19.1 Å². The first-order valence-corrected chi connectivity index (χ1v) is 11.4. The molecule has 1 N–H and O–H groups in total. The number of Topliss-reactive ketones (excluding diaryl/α,β-unsaturated/α-hetero) is 1. The molecular formula is C26H33NO4. The van der Waals surface area contributed by atoms with Crippen LogP contribution in [0.1, 0.15) is 70.4 Å². The van der Waals surface area contributed by atoms with E-state index in [2.05, 4.69) is 38.2 Å².